The first kappa shape index (κ1) is 20.1. The van der Waals surface area contributed by atoms with Crippen molar-refractivity contribution in [3.05, 3.63) is 52.8 Å². The fourth-order valence-electron chi connectivity index (χ4n) is 2.70. The van der Waals surface area contributed by atoms with Crippen molar-refractivity contribution < 1.29 is 13.2 Å². The Morgan fingerprint density at radius 2 is 1.85 bits per heavy atom. The molecule has 0 saturated carbocycles. The van der Waals surface area contributed by atoms with Gasteiger partial charge >= 0.3 is 0 Å². The van der Waals surface area contributed by atoms with Crippen molar-refractivity contribution in [1.82, 2.24) is 19.8 Å². The summed E-state index contributed by atoms with van der Waals surface area (Å²) in [7, 11) is -3.42. The molecule has 26 heavy (non-hydrogen) atoms. The average Bonchev–Trinajstić information content (AvgIpc) is 2.82. The second kappa shape index (κ2) is 8.46. The highest BCUT2D eigenvalue weighted by Gasteiger charge is 2.15. The quantitative estimate of drug-likeness (QED) is 0.730. The summed E-state index contributed by atoms with van der Waals surface area (Å²) in [6.07, 6.45) is 0. The van der Waals surface area contributed by atoms with Crippen LogP contribution in [0.3, 0.4) is 0 Å². The van der Waals surface area contributed by atoms with Crippen molar-refractivity contribution in [2.75, 3.05) is 0 Å². The fourth-order valence-corrected chi connectivity index (χ4v) is 4.19. The van der Waals surface area contributed by atoms with Crippen LogP contribution in [0.4, 0.5) is 0 Å². The van der Waals surface area contributed by atoms with Gasteiger partial charge in [0.25, 0.3) is 0 Å². The first-order valence-electron chi connectivity index (χ1n) is 8.51. The Kier molecular flexibility index (Phi) is 6.55. The Labute approximate surface area is 154 Å². The van der Waals surface area contributed by atoms with Crippen molar-refractivity contribution in [1.29, 1.82) is 0 Å². The molecule has 1 aromatic carbocycles. The molecule has 142 valence electrons. The molecule has 0 atom stereocenters. The molecule has 0 fully saturated rings. The fraction of sp³-hybridized carbons (Fsp3) is 0.444. The highest BCUT2D eigenvalue weighted by Crippen LogP contribution is 2.12. The molecule has 0 aliphatic rings. The van der Waals surface area contributed by atoms with Crippen LogP contribution in [-0.4, -0.2) is 30.1 Å². The van der Waals surface area contributed by atoms with Crippen molar-refractivity contribution in [3.8, 4) is 0 Å². The Balaban J connectivity index is 2.01. The van der Waals surface area contributed by atoms with Gasteiger partial charge in [0.1, 0.15) is 6.54 Å². The minimum atomic E-state index is -3.42. The van der Waals surface area contributed by atoms with E-state index in [1.54, 1.807) is 30.7 Å². The maximum absolute atomic E-state index is 12.2. The van der Waals surface area contributed by atoms with E-state index in [0.717, 1.165) is 17.0 Å². The van der Waals surface area contributed by atoms with Crippen molar-refractivity contribution in [3.63, 3.8) is 0 Å². The van der Waals surface area contributed by atoms with Crippen LogP contribution >= 0.6 is 0 Å². The zero-order chi connectivity index (χ0) is 19.3. The van der Waals surface area contributed by atoms with Gasteiger partial charge in [0.05, 0.1) is 11.4 Å². The van der Waals surface area contributed by atoms with E-state index in [1.165, 1.54) is 0 Å². The number of carbonyl (C=O) groups excluding carboxylic acids is 1. The van der Waals surface area contributed by atoms with Crippen LogP contribution < -0.4 is 10.0 Å². The van der Waals surface area contributed by atoms with E-state index in [1.807, 2.05) is 32.0 Å². The van der Waals surface area contributed by atoms with Gasteiger partial charge in [-0.2, -0.15) is 5.10 Å². The molecule has 1 amide bonds. The number of nitrogens with zero attached hydrogens (tertiary/aromatic N) is 2. The Hall–Kier alpha value is -2.19. The lowest BCUT2D eigenvalue weighted by molar-refractivity contribution is -0.122. The van der Waals surface area contributed by atoms with Gasteiger partial charge in [-0.1, -0.05) is 24.3 Å². The number of rotatable bonds is 8. The zero-order valence-corrected chi connectivity index (χ0v) is 16.4. The molecule has 2 rings (SSSR count). The van der Waals surface area contributed by atoms with Gasteiger partial charge in [-0.25, -0.2) is 13.1 Å². The Morgan fingerprint density at radius 1 is 1.19 bits per heavy atom. The highest BCUT2D eigenvalue weighted by molar-refractivity contribution is 7.88. The molecule has 8 heteroatoms. The summed E-state index contributed by atoms with van der Waals surface area (Å²) in [4.78, 5) is 12.2. The second-order valence-electron chi connectivity index (χ2n) is 6.66. The molecule has 0 spiro atoms. The third kappa shape index (κ3) is 5.96. The minimum absolute atomic E-state index is 0.116. The molecule has 0 radical (unpaired) electrons. The molecule has 7 nitrogen and oxygen atoms in total. The summed E-state index contributed by atoms with van der Waals surface area (Å²) in [5.41, 5.74) is 3.24. The molecule has 0 aliphatic heterocycles. The number of carbonyl (C=O) groups is 1. The van der Waals surface area contributed by atoms with Crippen LogP contribution in [-0.2, 0) is 33.7 Å². The second-order valence-corrected chi connectivity index (χ2v) is 8.42. The van der Waals surface area contributed by atoms with E-state index in [4.69, 9.17) is 0 Å². The van der Waals surface area contributed by atoms with Gasteiger partial charge in [-0.3, -0.25) is 9.48 Å². The lowest BCUT2D eigenvalue weighted by atomic mass is 10.1. The van der Waals surface area contributed by atoms with E-state index in [2.05, 4.69) is 15.1 Å². The number of amides is 1. The standard InChI is InChI=1S/C18H26N4O3S/c1-13(2)21-26(24,25)12-17-8-6-5-7-16(17)10-19-18(23)11-22-15(4)9-14(3)20-22/h5-9,13,21H,10-12H2,1-4H3,(H,19,23). The Morgan fingerprint density at radius 3 is 2.42 bits per heavy atom. The maximum Gasteiger partial charge on any atom is 0.242 e. The number of hydrogen-bond donors (Lipinski definition) is 2. The normalized spacial score (nSPS) is 11.7. The van der Waals surface area contributed by atoms with Gasteiger partial charge in [-0.15, -0.1) is 0 Å². The smallest absolute Gasteiger partial charge is 0.242 e. The zero-order valence-electron chi connectivity index (χ0n) is 15.6. The molecule has 0 bridgehead atoms. The molecule has 0 unspecified atom stereocenters. The SMILES string of the molecule is Cc1cc(C)n(CC(=O)NCc2ccccc2CS(=O)(=O)NC(C)C)n1. The van der Waals surface area contributed by atoms with Crippen molar-refractivity contribution in [2.24, 2.45) is 0 Å². The molecule has 2 N–H and O–H groups in total. The predicted octanol–water partition coefficient (Wildman–Crippen LogP) is 1.64. The molecule has 1 heterocycles. The number of sulfonamides is 1. The maximum atomic E-state index is 12.2. The molecule has 1 aromatic heterocycles. The lowest BCUT2D eigenvalue weighted by Gasteiger charge is -2.13. The van der Waals surface area contributed by atoms with E-state index in [0.29, 0.717) is 5.56 Å². The van der Waals surface area contributed by atoms with Gasteiger partial charge in [0, 0.05) is 18.3 Å². The minimum Gasteiger partial charge on any atom is -0.350 e. The largest absolute Gasteiger partial charge is 0.350 e. The number of aryl methyl sites for hydroxylation is 2. The highest BCUT2D eigenvalue weighted by atomic mass is 32.2. The molecular weight excluding hydrogens is 352 g/mol. The number of nitrogens with one attached hydrogen (secondary N) is 2. The Bertz CT molecular complexity index is 872. The summed E-state index contributed by atoms with van der Waals surface area (Å²) < 4.78 is 28.6. The van der Waals surface area contributed by atoms with Crippen LogP contribution in [0.15, 0.2) is 30.3 Å². The summed E-state index contributed by atoms with van der Waals surface area (Å²) in [5.74, 6) is -0.288. The predicted molar refractivity (Wildman–Crippen MR) is 101 cm³/mol. The lowest BCUT2D eigenvalue weighted by Crippen LogP contribution is -2.32. The molecule has 0 saturated heterocycles. The van der Waals surface area contributed by atoms with Crippen LogP contribution in [0.25, 0.3) is 0 Å². The van der Waals surface area contributed by atoms with E-state index in [-0.39, 0.29) is 30.8 Å². The van der Waals surface area contributed by atoms with Crippen LogP contribution in [0.2, 0.25) is 0 Å². The molecule has 2 aromatic rings. The third-order valence-corrected chi connectivity index (χ3v) is 5.27. The first-order valence-corrected chi connectivity index (χ1v) is 10.2. The van der Waals surface area contributed by atoms with Crippen LogP contribution in [0, 0.1) is 13.8 Å². The van der Waals surface area contributed by atoms with Crippen molar-refractivity contribution >= 4 is 15.9 Å². The number of aromatic nitrogens is 2. The monoisotopic (exact) mass is 378 g/mol. The van der Waals surface area contributed by atoms with Crippen molar-refractivity contribution in [2.45, 2.75) is 52.6 Å². The van der Waals surface area contributed by atoms with Gasteiger partial charge in [0.15, 0.2) is 0 Å². The van der Waals surface area contributed by atoms with Crippen LogP contribution in [0.5, 0.6) is 0 Å². The van der Waals surface area contributed by atoms with Gasteiger partial charge in [0.2, 0.25) is 15.9 Å². The van der Waals surface area contributed by atoms with E-state index < -0.39 is 10.0 Å². The topological polar surface area (TPSA) is 93.1 Å². The van der Waals surface area contributed by atoms with E-state index >= 15 is 0 Å². The molecular formula is C18H26N4O3S. The van der Waals surface area contributed by atoms with Gasteiger partial charge in [-0.05, 0) is 44.9 Å². The third-order valence-electron chi connectivity index (χ3n) is 3.75. The van der Waals surface area contributed by atoms with Crippen LogP contribution in [0.1, 0.15) is 36.4 Å². The van der Waals surface area contributed by atoms with Gasteiger partial charge < -0.3 is 5.32 Å². The average molecular weight is 378 g/mol. The summed E-state index contributed by atoms with van der Waals surface area (Å²) in [5, 5.41) is 7.10. The van der Waals surface area contributed by atoms with E-state index in [9.17, 15) is 13.2 Å². The number of hydrogen-bond acceptors (Lipinski definition) is 4. The summed E-state index contributed by atoms with van der Waals surface area (Å²) in [6, 6.07) is 8.96. The summed E-state index contributed by atoms with van der Waals surface area (Å²) in [6.45, 7) is 7.74. The number of benzene rings is 1. The molecule has 0 aliphatic carbocycles. The summed E-state index contributed by atoms with van der Waals surface area (Å²) >= 11 is 0. The first-order chi connectivity index (χ1) is 12.2.